The lowest BCUT2D eigenvalue weighted by Gasteiger charge is -2.09. The summed E-state index contributed by atoms with van der Waals surface area (Å²) in [5.41, 5.74) is 2.91. The minimum Gasteiger partial charge on any atom is -0.350 e. The molecule has 2 amide bonds. The van der Waals surface area contributed by atoms with Crippen LogP contribution in [0.2, 0.25) is 0 Å². The van der Waals surface area contributed by atoms with E-state index in [0.29, 0.717) is 22.3 Å². The Hall–Kier alpha value is -2.90. The van der Waals surface area contributed by atoms with Gasteiger partial charge in [0.1, 0.15) is 10.9 Å². The molecular weight excluding hydrogens is 414 g/mol. The fourth-order valence-electron chi connectivity index (χ4n) is 3.44. The van der Waals surface area contributed by atoms with Crippen molar-refractivity contribution < 1.29 is 9.59 Å². The van der Waals surface area contributed by atoms with Crippen LogP contribution in [-0.4, -0.2) is 32.1 Å². The largest absolute Gasteiger partial charge is 0.350 e. The van der Waals surface area contributed by atoms with Crippen molar-refractivity contribution in [3.8, 4) is 0 Å². The summed E-state index contributed by atoms with van der Waals surface area (Å²) in [5, 5.41) is 3.96. The molecule has 4 rings (SSSR count). The zero-order valence-electron chi connectivity index (χ0n) is 16.5. The van der Waals surface area contributed by atoms with E-state index in [1.54, 1.807) is 4.90 Å². The number of fused-ring (bicyclic) bond motifs is 1. The predicted molar refractivity (Wildman–Crippen MR) is 126 cm³/mol. The van der Waals surface area contributed by atoms with E-state index in [-0.39, 0.29) is 18.4 Å². The quantitative estimate of drug-likeness (QED) is 0.466. The average Bonchev–Trinajstić information content (AvgIpc) is 3.24. The van der Waals surface area contributed by atoms with Gasteiger partial charge >= 0.3 is 0 Å². The Morgan fingerprint density at radius 1 is 1.13 bits per heavy atom. The summed E-state index contributed by atoms with van der Waals surface area (Å²) in [6, 6.07) is 17.7. The van der Waals surface area contributed by atoms with Crippen LogP contribution in [0.3, 0.4) is 0 Å². The van der Waals surface area contributed by atoms with Crippen LogP contribution in [0.5, 0.6) is 0 Å². The van der Waals surface area contributed by atoms with Crippen LogP contribution in [0.1, 0.15) is 18.1 Å². The zero-order valence-corrected chi connectivity index (χ0v) is 18.1. The number of rotatable bonds is 6. The summed E-state index contributed by atoms with van der Waals surface area (Å²) in [6.07, 6.45) is 3.79. The van der Waals surface area contributed by atoms with Crippen molar-refractivity contribution in [1.29, 1.82) is 0 Å². The number of nitrogens with one attached hydrogen (secondary N) is 1. The highest BCUT2D eigenvalue weighted by Crippen LogP contribution is 2.34. The number of thioether (sulfide) groups is 1. The number of amides is 2. The molecule has 2 aromatic carbocycles. The van der Waals surface area contributed by atoms with Gasteiger partial charge in [0.2, 0.25) is 5.91 Å². The number of aromatic nitrogens is 1. The summed E-state index contributed by atoms with van der Waals surface area (Å²) in [7, 11) is 0. The van der Waals surface area contributed by atoms with Crippen LogP contribution >= 0.6 is 24.0 Å². The van der Waals surface area contributed by atoms with E-state index in [0.717, 1.165) is 22.0 Å². The number of thiocarbonyl (C=S) groups is 1. The highest BCUT2D eigenvalue weighted by Gasteiger charge is 2.30. The van der Waals surface area contributed by atoms with Gasteiger partial charge in [-0.3, -0.25) is 14.5 Å². The van der Waals surface area contributed by atoms with E-state index in [2.05, 4.69) is 5.32 Å². The SMILES string of the molecule is CCN1C(=O)/C(=C/c2cn(CC(=O)NCc3ccccc3)c3ccccc23)SC1=S. The molecule has 1 aromatic heterocycles. The molecule has 1 fully saturated rings. The number of carbonyl (C=O) groups is 2. The van der Waals surface area contributed by atoms with Gasteiger partial charge < -0.3 is 9.88 Å². The Labute approximate surface area is 184 Å². The van der Waals surface area contributed by atoms with Crippen molar-refractivity contribution in [3.05, 3.63) is 76.8 Å². The maximum Gasteiger partial charge on any atom is 0.266 e. The first kappa shape index (κ1) is 20.4. The second-order valence-corrected chi connectivity index (χ2v) is 8.59. The Kier molecular flexibility index (Phi) is 6.01. The highest BCUT2D eigenvalue weighted by molar-refractivity contribution is 8.26. The maximum absolute atomic E-state index is 12.6. The monoisotopic (exact) mass is 435 g/mol. The van der Waals surface area contributed by atoms with Gasteiger partial charge in [0.25, 0.3) is 5.91 Å². The molecule has 0 saturated carbocycles. The van der Waals surface area contributed by atoms with Gasteiger partial charge in [-0.1, -0.05) is 72.5 Å². The second kappa shape index (κ2) is 8.85. The Morgan fingerprint density at radius 2 is 1.87 bits per heavy atom. The first-order valence-electron chi connectivity index (χ1n) is 9.70. The Bertz CT molecular complexity index is 1150. The molecule has 0 atom stereocenters. The fourth-order valence-corrected chi connectivity index (χ4v) is 4.82. The van der Waals surface area contributed by atoms with Crippen molar-refractivity contribution in [2.24, 2.45) is 0 Å². The molecule has 1 saturated heterocycles. The van der Waals surface area contributed by atoms with Gasteiger partial charge in [-0.15, -0.1) is 0 Å². The molecule has 0 spiro atoms. The van der Waals surface area contributed by atoms with Gasteiger partial charge in [0.05, 0.1) is 4.91 Å². The van der Waals surface area contributed by atoms with Crippen LogP contribution in [0.25, 0.3) is 17.0 Å². The molecule has 0 radical (unpaired) electrons. The molecule has 152 valence electrons. The van der Waals surface area contributed by atoms with Crippen molar-refractivity contribution in [2.45, 2.75) is 20.0 Å². The molecule has 7 heteroatoms. The molecule has 1 N–H and O–H groups in total. The third-order valence-electron chi connectivity index (χ3n) is 4.94. The maximum atomic E-state index is 12.6. The van der Waals surface area contributed by atoms with Crippen LogP contribution in [0, 0.1) is 0 Å². The van der Waals surface area contributed by atoms with Gasteiger partial charge in [0.15, 0.2) is 0 Å². The van der Waals surface area contributed by atoms with Crippen molar-refractivity contribution in [1.82, 2.24) is 14.8 Å². The summed E-state index contributed by atoms with van der Waals surface area (Å²) < 4.78 is 2.50. The zero-order chi connectivity index (χ0) is 21.1. The fraction of sp³-hybridized carbons (Fsp3) is 0.174. The number of hydrogen-bond donors (Lipinski definition) is 1. The minimum atomic E-state index is -0.0662. The lowest BCUT2D eigenvalue weighted by molar-refractivity contribution is -0.122. The van der Waals surface area contributed by atoms with Crippen LogP contribution < -0.4 is 5.32 Å². The van der Waals surface area contributed by atoms with Crippen molar-refractivity contribution >= 4 is 57.1 Å². The summed E-state index contributed by atoms with van der Waals surface area (Å²) >= 11 is 6.63. The predicted octanol–water partition coefficient (Wildman–Crippen LogP) is 4.18. The second-order valence-electron chi connectivity index (χ2n) is 6.92. The van der Waals surface area contributed by atoms with Gasteiger partial charge in [-0.05, 0) is 24.6 Å². The first-order valence-corrected chi connectivity index (χ1v) is 10.9. The molecule has 30 heavy (non-hydrogen) atoms. The van der Waals surface area contributed by atoms with Crippen molar-refractivity contribution in [2.75, 3.05) is 6.54 Å². The normalized spacial score (nSPS) is 15.4. The molecule has 3 aromatic rings. The number of benzene rings is 2. The van der Waals surface area contributed by atoms with E-state index in [1.165, 1.54) is 11.8 Å². The molecule has 0 aliphatic carbocycles. The topological polar surface area (TPSA) is 54.3 Å². The van der Waals surface area contributed by atoms with Crippen LogP contribution in [0.15, 0.2) is 65.7 Å². The van der Waals surface area contributed by atoms with Crippen molar-refractivity contribution in [3.63, 3.8) is 0 Å². The number of carbonyl (C=O) groups excluding carboxylic acids is 2. The van der Waals surface area contributed by atoms with E-state index in [9.17, 15) is 9.59 Å². The minimum absolute atomic E-state index is 0.0649. The Balaban J connectivity index is 1.57. The first-order chi connectivity index (χ1) is 14.6. The lowest BCUT2D eigenvalue weighted by atomic mass is 10.1. The molecule has 1 aliphatic rings. The number of likely N-dealkylation sites (N-methyl/N-ethyl adjacent to an activating group) is 1. The number of nitrogens with zero attached hydrogens (tertiary/aromatic N) is 2. The average molecular weight is 436 g/mol. The smallest absolute Gasteiger partial charge is 0.266 e. The number of para-hydroxylation sites is 1. The molecular formula is C23H21N3O2S2. The van der Waals surface area contributed by atoms with E-state index in [1.807, 2.05) is 78.4 Å². The van der Waals surface area contributed by atoms with E-state index in [4.69, 9.17) is 12.2 Å². The van der Waals surface area contributed by atoms with E-state index >= 15 is 0 Å². The molecule has 0 unspecified atom stereocenters. The van der Waals surface area contributed by atoms with Gasteiger partial charge in [-0.2, -0.15) is 0 Å². The third-order valence-corrected chi connectivity index (χ3v) is 6.32. The standard InChI is InChI=1S/C23H21N3O2S2/c1-2-26-22(28)20(30-23(26)29)12-17-14-25(19-11-7-6-10-18(17)19)15-21(27)24-13-16-8-4-3-5-9-16/h3-12,14H,2,13,15H2,1H3,(H,24,27)/b20-12-. The van der Waals surface area contributed by atoms with Crippen LogP contribution in [0.4, 0.5) is 0 Å². The lowest BCUT2D eigenvalue weighted by Crippen LogP contribution is -2.27. The summed E-state index contributed by atoms with van der Waals surface area (Å²) in [5.74, 6) is -0.131. The highest BCUT2D eigenvalue weighted by atomic mass is 32.2. The third kappa shape index (κ3) is 4.17. The number of hydrogen-bond acceptors (Lipinski definition) is 4. The molecule has 0 bridgehead atoms. The van der Waals surface area contributed by atoms with Gasteiger partial charge in [0, 0.05) is 35.8 Å². The Morgan fingerprint density at radius 3 is 2.60 bits per heavy atom. The molecule has 2 heterocycles. The van der Waals surface area contributed by atoms with Gasteiger partial charge in [-0.25, -0.2) is 0 Å². The summed E-state index contributed by atoms with van der Waals surface area (Å²) in [6.45, 7) is 3.17. The van der Waals surface area contributed by atoms with Crippen LogP contribution in [-0.2, 0) is 22.7 Å². The summed E-state index contributed by atoms with van der Waals surface area (Å²) in [4.78, 5) is 27.3. The molecule has 5 nitrogen and oxygen atoms in total. The molecule has 1 aliphatic heterocycles. The van der Waals surface area contributed by atoms with E-state index < -0.39 is 0 Å².